The largest absolute Gasteiger partial charge is 0.383 e. The van der Waals surface area contributed by atoms with Gasteiger partial charge in [-0.3, -0.25) is 4.79 Å². The lowest BCUT2D eigenvalue weighted by Crippen LogP contribution is -2.36. The third-order valence-corrected chi connectivity index (χ3v) is 3.66. The number of hydrogen-bond donors (Lipinski definition) is 2. The lowest BCUT2D eigenvalue weighted by Gasteiger charge is -2.14. The van der Waals surface area contributed by atoms with Gasteiger partial charge < -0.3 is 10.1 Å². The Hall–Kier alpha value is -1.51. The highest BCUT2D eigenvalue weighted by Crippen LogP contribution is 2.19. The number of methoxy groups -OCH3 is 1. The van der Waals surface area contributed by atoms with E-state index in [-0.39, 0.29) is 28.7 Å². The third kappa shape index (κ3) is 3.99. The molecule has 8 heteroatoms. The molecule has 0 aromatic heterocycles. The summed E-state index contributed by atoms with van der Waals surface area (Å²) in [5, 5.41) is 7.52. The van der Waals surface area contributed by atoms with Gasteiger partial charge in [0.2, 0.25) is 10.0 Å². The van der Waals surface area contributed by atoms with Crippen molar-refractivity contribution < 1.29 is 22.3 Å². The first-order chi connectivity index (χ1) is 9.16. The molecule has 0 aliphatic rings. The fraction of sp³-hybridized carbons (Fsp3) is 0.417. The quantitative estimate of drug-likeness (QED) is 0.829. The summed E-state index contributed by atoms with van der Waals surface area (Å²) < 4.78 is 41.4. The molecular formula is C12H17FN2O4S. The molecular weight excluding hydrogens is 287 g/mol. The highest BCUT2D eigenvalue weighted by Gasteiger charge is 2.20. The maximum absolute atomic E-state index is 13.8. The topological polar surface area (TPSA) is 98.5 Å². The number of benzene rings is 1. The van der Waals surface area contributed by atoms with Gasteiger partial charge in [-0.25, -0.2) is 17.9 Å². The zero-order chi connectivity index (χ0) is 15.5. The molecule has 1 aromatic rings. The number of halogens is 1. The van der Waals surface area contributed by atoms with Crippen LogP contribution < -0.4 is 10.5 Å². The number of carbonyl (C=O) groups excluding carboxylic acids is 1. The van der Waals surface area contributed by atoms with Crippen LogP contribution in [-0.4, -0.2) is 34.1 Å². The Morgan fingerprint density at radius 3 is 2.60 bits per heavy atom. The van der Waals surface area contributed by atoms with Crippen LogP contribution in [0.3, 0.4) is 0 Å². The van der Waals surface area contributed by atoms with Crippen molar-refractivity contribution in [3.05, 3.63) is 29.1 Å². The van der Waals surface area contributed by atoms with Gasteiger partial charge in [0, 0.05) is 13.2 Å². The highest BCUT2D eigenvalue weighted by molar-refractivity contribution is 7.89. The summed E-state index contributed by atoms with van der Waals surface area (Å²) in [6, 6.07) is 1.57. The Labute approximate surface area is 117 Å². The fourth-order valence-corrected chi connectivity index (χ4v) is 2.52. The van der Waals surface area contributed by atoms with E-state index < -0.39 is 21.7 Å². The van der Waals surface area contributed by atoms with Gasteiger partial charge in [0.25, 0.3) is 5.91 Å². The normalized spacial score (nSPS) is 13.1. The van der Waals surface area contributed by atoms with Crippen molar-refractivity contribution in [1.29, 1.82) is 0 Å². The molecule has 6 nitrogen and oxygen atoms in total. The molecule has 0 saturated carbocycles. The van der Waals surface area contributed by atoms with E-state index in [2.05, 4.69) is 5.32 Å². The van der Waals surface area contributed by atoms with Crippen LogP contribution in [0.5, 0.6) is 0 Å². The van der Waals surface area contributed by atoms with Crippen LogP contribution in [0.1, 0.15) is 22.8 Å². The van der Waals surface area contributed by atoms with Gasteiger partial charge in [-0.1, -0.05) is 0 Å². The molecule has 1 atom stereocenters. The van der Waals surface area contributed by atoms with Gasteiger partial charge in [0.05, 0.1) is 17.1 Å². The van der Waals surface area contributed by atoms with Crippen LogP contribution in [0.4, 0.5) is 4.39 Å². The van der Waals surface area contributed by atoms with Crippen molar-refractivity contribution in [1.82, 2.24) is 5.32 Å². The molecule has 20 heavy (non-hydrogen) atoms. The second kappa shape index (κ2) is 6.29. The summed E-state index contributed by atoms with van der Waals surface area (Å²) in [4.78, 5) is 11.6. The molecule has 1 aromatic carbocycles. The minimum Gasteiger partial charge on any atom is -0.383 e. The number of aryl methyl sites for hydroxylation is 1. The van der Waals surface area contributed by atoms with Gasteiger partial charge in [-0.2, -0.15) is 0 Å². The number of carbonyl (C=O) groups is 1. The monoisotopic (exact) mass is 304 g/mol. The summed E-state index contributed by atoms with van der Waals surface area (Å²) in [5.41, 5.74) is -0.228. The van der Waals surface area contributed by atoms with Crippen LogP contribution in [0.15, 0.2) is 17.0 Å². The van der Waals surface area contributed by atoms with Gasteiger partial charge >= 0.3 is 0 Å². The molecule has 0 spiro atoms. The van der Waals surface area contributed by atoms with E-state index in [0.717, 1.165) is 12.1 Å². The average Bonchev–Trinajstić information content (AvgIpc) is 2.26. The Morgan fingerprint density at radius 2 is 2.10 bits per heavy atom. The van der Waals surface area contributed by atoms with Crippen LogP contribution in [-0.2, 0) is 14.8 Å². The second-order valence-electron chi connectivity index (χ2n) is 4.47. The van der Waals surface area contributed by atoms with Crippen LogP contribution in [0, 0.1) is 12.7 Å². The first-order valence-electron chi connectivity index (χ1n) is 5.79. The van der Waals surface area contributed by atoms with Gasteiger partial charge in [0.1, 0.15) is 5.82 Å². The smallest absolute Gasteiger partial charge is 0.254 e. The second-order valence-corrected chi connectivity index (χ2v) is 6.00. The minimum atomic E-state index is -4.02. The van der Waals surface area contributed by atoms with Crippen molar-refractivity contribution in [3.63, 3.8) is 0 Å². The molecule has 0 bridgehead atoms. The van der Waals surface area contributed by atoms with E-state index in [1.807, 2.05) is 0 Å². The Morgan fingerprint density at radius 1 is 1.50 bits per heavy atom. The highest BCUT2D eigenvalue weighted by atomic mass is 32.2. The number of nitrogens with two attached hydrogens (primary N) is 1. The zero-order valence-corrected chi connectivity index (χ0v) is 12.3. The molecule has 0 saturated heterocycles. The maximum atomic E-state index is 13.8. The average molecular weight is 304 g/mol. The van der Waals surface area contributed by atoms with Crippen molar-refractivity contribution in [2.75, 3.05) is 13.7 Å². The Kier molecular flexibility index (Phi) is 5.21. The summed E-state index contributed by atoms with van der Waals surface area (Å²) in [6.07, 6.45) is 0. The number of hydrogen-bond acceptors (Lipinski definition) is 4. The van der Waals surface area contributed by atoms with E-state index in [9.17, 15) is 17.6 Å². The maximum Gasteiger partial charge on any atom is 0.254 e. The van der Waals surface area contributed by atoms with E-state index in [1.165, 1.54) is 14.0 Å². The van der Waals surface area contributed by atoms with E-state index in [4.69, 9.17) is 9.88 Å². The van der Waals surface area contributed by atoms with Crippen molar-refractivity contribution in [2.24, 2.45) is 5.14 Å². The van der Waals surface area contributed by atoms with E-state index in [1.54, 1.807) is 6.92 Å². The lowest BCUT2D eigenvalue weighted by molar-refractivity contribution is 0.0901. The molecule has 0 aliphatic heterocycles. The SMILES string of the molecule is COCC(C)NC(=O)c1cc(S(N)(=O)=O)c(C)cc1F. The predicted molar refractivity (Wildman–Crippen MR) is 71.3 cm³/mol. The number of ether oxygens (including phenoxy) is 1. The summed E-state index contributed by atoms with van der Waals surface area (Å²) in [6.45, 7) is 3.33. The summed E-state index contributed by atoms with van der Waals surface area (Å²) in [5.74, 6) is -1.53. The molecule has 0 aliphatic carbocycles. The van der Waals surface area contributed by atoms with Crippen LogP contribution >= 0.6 is 0 Å². The minimum absolute atomic E-state index is 0.145. The molecule has 0 fully saturated rings. The van der Waals surface area contributed by atoms with Crippen molar-refractivity contribution >= 4 is 15.9 Å². The molecule has 112 valence electrons. The molecule has 0 radical (unpaired) electrons. The molecule has 1 rings (SSSR count). The third-order valence-electron chi connectivity index (χ3n) is 2.61. The Bertz CT molecular complexity index is 616. The van der Waals surface area contributed by atoms with Crippen molar-refractivity contribution in [3.8, 4) is 0 Å². The van der Waals surface area contributed by atoms with E-state index >= 15 is 0 Å². The first kappa shape index (κ1) is 16.5. The number of sulfonamides is 1. The van der Waals surface area contributed by atoms with Crippen molar-refractivity contribution in [2.45, 2.75) is 24.8 Å². The molecule has 1 unspecified atom stereocenters. The fourth-order valence-electron chi connectivity index (χ4n) is 1.73. The van der Waals surface area contributed by atoms with Gasteiger partial charge in [0.15, 0.2) is 0 Å². The van der Waals surface area contributed by atoms with Gasteiger partial charge in [-0.05, 0) is 31.5 Å². The lowest BCUT2D eigenvalue weighted by atomic mass is 10.1. The number of rotatable bonds is 5. The summed E-state index contributed by atoms with van der Waals surface area (Å²) >= 11 is 0. The summed E-state index contributed by atoms with van der Waals surface area (Å²) in [7, 11) is -2.55. The molecule has 0 heterocycles. The molecule has 1 amide bonds. The number of nitrogens with one attached hydrogen (secondary N) is 1. The Balaban J connectivity index is 3.16. The number of primary sulfonamides is 1. The van der Waals surface area contributed by atoms with Crippen LogP contribution in [0.25, 0.3) is 0 Å². The predicted octanol–water partition coefficient (Wildman–Crippen LogP) is 0.546. The van der Waals surface area contributed by atoms with Gasteiger partial charge in [-0.15, -0.1) is 0 Å². The zero-order valence-electron chi connectivity index (χ0n) is 11.4. The molecule has 3 N–H and O–H groups in total. The number of amides is 1. The first-order valence-corrected chi connectivity index (χ1v) is 7.34. The standard InChI is InChI=1S/C12H17FN2O4S/c1-7-4-10(13)9(5-11(7)20(14,17)18)12(16)15-8(2)6-19-3/h4-5,8H,6H2,1-3H3,(H,15,16)(H2,14,17,18). The van der Waals surface area contributed by atoms with Crippen LogP contribution in [0.2, 0.25) is 0 Å². The van der Waals surface area contributed by atoms with E-state index in [0.29, 0.717) is 0 Å².